The molecule has 2 rings (SSSR count). The topological polar surface area (TPSA) is 46.3 Å². The zero-order valence-electron chi connectivity index (χ0n) is 8.52. The number of hydrogen-bond acceptors (Lipinski definition) is 2. The number of hydrogen-bond donors (Lipinski definition) is 1. The van der Waals surface area contributed by atoms with Gasteiger partial charge in [0.1, 0.15) is 6.17 Å². The van der Waals surface area contributed by atoms with Crippen LogP contribution in [0.1, 0.15) is 12.0 Å². The summed E-state index contributed by atoms with van der Waals surface area (Å²) >= 11 is 0. The predicted molar refractivity (Wildman–Crippen MR) is 60.4 cm³/mol. The van der Waals surface area contributed by atoms with Crippen molar-refractivity contribution in [3.05, 3.63) is 42.5 Å². The van der Waals surface area contributed by atoms with Gasteiger partial charge in [-0.2, -0.15) is 0 Å². The minimum absolute atomic E-state index is 0.0705. The molecule has 15 heavy (non-hydrogen) atoms. The average molecular weight is 202 g/mol. The molecule has 78 valence electrons. The van der Waals surface area contributed by atoms with Crippen molar-refractivity contribution in [2.45, 2.75) is 19.0 Å². The van der Waals surface area contributed by atoms with E-state index in [2.05, 4.69) is 6.58 Å². The van der Waals surface area contributed by atoms with Crippen LogP contribution in [0.3, 0.4) is 0 Å². The zero-order chi connectivity index (χ0) is 10.8. The Kier molecular flexibility index (Phi) is 2.56. The molecule has 0 spiro atoms. The van der Waals surface area contributed by atoms with E-state index in [0.29, 0.717) is 6.42 Å². The fourth-order valence-electron chi connectivity index (χ4n) is 1.89. The van der Waals surface area contributed by atoms with Gasteiger partial charge in [0.15, 0.2) is 0 Å². The molecule has 2 N–H and O–H groups in total. The van der Waals surface area contributed by atoms with Gasteiger partial charge in [0, 0.05) is 12.1 Å². The van der Waals surface area contributed by atoms with E-state index < -0.39 is 6.17 Å². The van der Waals surface area contributed by atoms with E-state index in [9.17, 15) is 4.79 Å². The third kappa shape index (κ3) is 1.66. The van der Waals surface area contributed by atoms with Crippen LogP contribution in [0.25, 0.3) is 0 Å². The van der Waals surface area contributed by atoms with Gasteiger partial charge in [-0.15, -0.1) is 0 Å². The van der Waals surface area contributed by atoms with E-state index in [4.69, 9.17) is 5.73 Å². The summed E-state index contributed by atoms with van der Waals surface area (Å²) in [5.41, 5.74) is 7.93. The van der Waals surface area contributed by atoms with Crippen LogP contribution in [0.5, 0.6) is 0 Å². The molecule has 1 amide bonds. The fraction of sp³-hybridized carbons (Fsp3) is 0.250. The Morgan fingerprint density at radius 3 is 2.87 bits per heavy atom. The first-order valence-corrected chi connectivity index (χ1v) is 5.02. The van der Waals surface area contributed by atoms with E-state index in [-0.39, 0.29) is 5.91 Å². The van der Waals surface area contributed by atoms with Crippen LogP contribution >= 0.6 is 0 Å². The number of aryl methyl sites for hydroxylation is 1. The summed E-state index contributed by atoms with van der Waals surface area (Å²) in [5, 5.41) is 0. The number of para-hydroxylation sites is 1. The van der Waals surface area contributed by atoms with Crippen LogP contribution in [0.4, 0.5) is 5.69 Å². The quantitative estimate of drug-likeness (QED) is 0.737. The maximum Gasteiger partial charge on any atom is 0.228 e. The van der Waals surface area contributed by atoms with E-state index in [1.165, 1.54) is 5.56 Å². The molecule has 0 aliphatic carbocycles. The Labute approximate surface area is 89.2 Å². The monoisotopic (exact) mass is 202 g/mol. The number of anilines is 1. The summed E-state index contributed by atoms with van der Waals surface area (Å²) in [6, 6.07) is 7.85. The smallest absolute Gasteiger partial charge is 0.228 e. The lowest BCUT2D eigenvalue weighted by atomic mass is 10.0. The minimum atomic E-state index is -0.432. The lowest BCUT2D eigenvalue weighted by Gasteiger charge is -2.32. The first kappa shape index (κ1) is 9.93. The SMILES string of the molecule is C=CC(N)N1C(=O)CCc2ccccc21. The molecule has 1 aromatic carbocycles. The first-order valence-electron chi connectivity index (χ1n) is 5.02. The van der Waals surface area contributed by atoms with E-state index in [1.807, 2.05) is 24.3 Å². The summed E-state index contributed by atoms with van der Waals surface area (Å²) in [5.74, 6) is 0.0705. The molecule has 1 aliphatic heterocycles. The number of fused-ring (bicyclic) bond motifs is 1. The third-order valence-corrected chi connectivity index (χ3v) is 2.67. The van der Waals surface area contributed by atoms with Crippen molar-refractivity contribution in [3.63, 3.8) is 0 Å². The largest absolute Gasteiger partial charge is 0.308 e. The van der Waals surface area contributed by atoms with Crippen LogP contribution in [-0.2, 0) is 11.2 Å². The number of rotatable bonds is 2. The molecule has 0 radical (unpaired) electrons. The molecule has 0 bridgehead atoms. The summed E-state index contributed by atoms with van der Waals surface area (Å²) in [4.78, 5) is 13.4. The first-order chi connectivity index (χ1) is 7.24. The molecule has 0 fully saturated rings. The number of carbonyl (C=O) groups excluding carboxylic acids is 1. The van der Waals surface area contributed by atoms with Crippen molar-refractivity contribution >= 4 is 11.6 Å². The summed E-state index contributed by atoms with van der Waals surface area (Å²) in [6.45, 7) is 3.62. The van der Waals surface area contributed by atoms with E-state index >= 15 is 0 Å². The van der Waals surface area contributed by atoms with Crippen LogP contribution in [0, 0.1) is 0 Å². The lowest BCUT2D eigenvalue weighted by molar-refractivity contribution is -0.119. The molecule has 1 heterocycles. The Hall–Kier alpha value is -1.61. The molecule has 3 heteroatoms. The molecular weight excluding hydrogens is 188 g/mol. The van der Waals surface area contributed by atoms with Crippen molar-refractivity contribution in [2.75, 3.05) is 4.90 Å². The highest BCUT2D eigenvalue weighted by atomic mass is 16.2. The normalized spacial score (nSPS) is 17.1. The molecule has 1 unspecified atom stereocenters. The van der Waals surface area contributed by atoms with Crippen molar-refractivity contribution in [1.82, 2.24) is 0 Å². The van der Waals surface area contributed by atoms with Crippen molar-refractivity contribution in [1.29, 1.82) is 0 Å². The highest BCUT2D eigenvalue weighted by molar-refractivity contribution is 5.97. The standard InChI is InChI=1S/C12H14N2O/c1-2-11(13)14-10-6-4-3-5-9(10)7-8-12(14)15/h2-6,11H,1,7-8,13H2. The molecular formula is C12H14N2O. The van der Waals surface area contributed by atoms with Gasteiger partial charge in [-0.05, 0) is 18.1 Å². The third-order valence-electron chi connectivity index (χ3n) is 2.67. The van der Waals surface area contributed by atoms with Crippen LogP contribution in [-0.4, -0.2) is 12.1 Å². The number of benzene rings is 1. The number of nitrogens with zero attached hydrogens (tertiary/aromatic N) is 1. The van der Waals surface area contributed by atoms with Gasteiger partial charge in [-0.1, -0.05) is 30.9 Å². The molecule has 0 saturated carbocycles. The summed E-state index contributed by atoms with van der Waals surface area (Å²) in [6.07, 6.45) is 2.48. The molecule has 0 aromatic heterocycles. The molecule has 0 saturated heterocycles. The molecule has 1 aliphatic rings. The maximum absolute atomic E-state index is 11.8. The number of amides is 1. The molecule has 3 nitrogen and oxygen atoms in total. The van der Waals surface area contributed by atoms with Crippen molar-refractivity contribution in [2.24, 2.45) is 5.73 Å². The van der Waals surface area contributed by atoms with Crippen LogP contribution in [0.15, 0.2) is 36.9 Å². The second-order valence-corrected chi connectivity index (χ2v) is 3.62. The highest BCUT2D eigenvalue weighted by Gasteiger charge is 2.26. The van der Waals surface area contributed by atoms with Gasteiger partial charge >= 0.3 is 0 Å². The second-order valence-electron chi connectivity index (χ2n) is 3.62. The van der Waals surface area contributed by atoms with Crippen molar-refractivity contribution < 1.29 is 4.79 Å². The van der Waals surface area contributed by atoms with Gasteiger partial charge in [0.05, 0.1) is 0 Å². The van der Waals surface area contributed by atoms with Gasteiger partial charge in [-0.3, -0.25) is 9.69 Å². The Morgan fingerprint density at radius 2 is 2.13 bits per heavy atom. The predicted octanol–water partition coefficient (Wildman–Crippen LogP) is 1.44. The van der Waals surface area contributed by atoms with Gasteiger partial charge in [-0.25, -0.2) is 0 Å². The second kappa shape index (κ2) is 3.87. The van der Waals surface area contributed by atoms with Crippen molar-refractivity contribution in [3.8, 4) is 0 Å². The average Bonchev–Trinajstić information content (AvgIpc) is 2.28. The highest BCUT2D eigenvalue weighted by Crippen LogP contribution is 2.28. The molecule has 1 aromatic rings. The Balaban J connectivity index is 2.45. The Bertz CT molecular complexity index is 400. The van der Waals surface area contributed by atoms with E-state index in [1.54, 1.807) is 11.0 Å². The summed E-state index contributed by atoms with van der Waals surface area (Å²) < 4.78 is 0. The fourth-order valence-corrected chi connectivity index (χ4v) is 1.89. The zero-order valence-corrected chi connectivity index (χ0v) is 8.52. The van der Waals surface area contributed by atoms with Crippen LogP contribution in [0.2, 0.25) is 0 Å². The number of nitrogens with two attached hydrogens (primary N) is 1. The number of carbonyl (C=O) groups is 1. The molecule has 1 atom stereocenters. The van der Waals surface area contributed by atoms with Gasteiger partial charge < -0.3 is 5.73 Å². The maximum atomic E-state index is 11.8. The minimum Gasteiger partial charge on any atom is -0.308 e. The summed E-state index contributed by atoms with van der Waals surface area (Å²) in [7, 11) is 0. The lowest BCUT2D eigenvalue weighted by Crippen LogP contribution is -2.47. The Morgan fingerprint density at radius 1 is 1.40 bits per heavy atom. The van der Waals surface area contributed by atoms with E-state index in [0.717, 1.165) is 12.1 Å². The van der Waals surface area contributed by atoms with Crippen LogP contribution < -0.4 is 10.6 Å². The van der Waals surface area contributed by atoms with Gasteiger partial charge in [0.25, 0.3) is 0 Å². The van der Waals surface area contributed by atoms with Gasteiger partial charge in [0.2, 0.25) is 5.91 Å².